The number of nitrogens with two attached hydrogens (primary N) is 1. The van der Waals surface area contributed by atoms with Crippen LogP contribution in [0.4, 0.5) is 11.4 Å². The van der Waals surface area contributed by atoms with Crippen LogP contribution in [0.3, 0.4) is 0 Å². The van der Waals surface area contributed by atoms with Gasteiger partial charge in [0.2, 0.25) is 0 Å². The van der Waals surface area contributed by atoms with Crippen molar-refractivity contribution in [2.45, 2.75) is 32.7 Å². The minimum atomic E-state index is 0.433. The SMILES string of the molecule is Cc1ccc(NC(C)CCc2ccccc2)cc1N. The van der Waals surface area contributed by atoms with E-state index in [0.717, 1.165) is 29.8 Å². The van der Waals surface area contributed by atoms with Gasteiger partial charge in [0.05, 0.1) is 0 Å². The summed E-state index contributed by atoms with van der Waals surface area (Å²) in [5, 5.41) is 3.50. The molecule has 0 radical (unpaired) electrons. The van der Waals surface area contributed by atoms with E-state index in [1.54, 1.807) is 0 Å². The maximum Gasteiger partial charge on any atom is 0.0364 e. The first-order valence-corrected chi connectivity index (χ1v) is 6.82. The largest absolute Gasteiger partial charge is 0.398 e. The molecule has 0 fully saturated rings. The second kappa shape index (κ2) is 6.28. The molecule has 2 aromatic carbocycles. The van der Waals surface area contributed by atoms with Crippen molar-refractivity contribution in [1.82, 2.24) is 0 Å². The van der Waals surface area contributed by atoms with Crippen molar-refractivity contribution in [3.63, 3.8) is 0 Å². The van der Waals surface area contributed by atoms with Crippen molar-refractivity contribution in [3.05, 3.63) is 59.7 Å². The Bertz CT molecular complexity index is 520. The molecule has 0 saturated heterocycles. The average molecular weight is 254 g/mol. The van der Waals surface area contributed by atoms with Gasteiger partial charge in [0.25, 0.3) is 0 Å². The number of hydrogen-bond acceptors (Lipinski definition) is 2. The summed E-state index contributed by atoms with van der Waals surface area (Å²) >= 11 is 0. The van der Waals surface area contributed by atoms with Crippen LogP contribution in [0.15, 0.2) is 48.5 Å². The molecule has 2 nitrogen and oxygen atoms in total. The van der Waals surface area contributed by atoms with E-state index in [4.69, 9.17) is 5.73 Å². The van der Waals surface area contributed by atoms with E-state index in [2.05, 4.69) is 54.7 Å². The molecule has 0 aromatic heterocycles. The van der Waals surface area contributed by atoms with Crippen LogP contribution in [-0.4, -0.2) is 6.04 Å². The maximum absolute atomic E-state index is 5.92. The van der Waals surface area contributed by atoms with Gasteiger partial charge in [0, 0.05) is 17.4 Å². The van der Waals surface area contributed by atoms with Crippen molar-refractivity contribution in [2.24, 2.45) is 0 Å². The lowest BCUT2D eigenvalue weighted by Gasteiger charge is -2.16. The molecule has 19 heavy (non-hydrogen) atoms. The molecular weight excluding hydrogens is 232 g/mol. The number of anilines is 2. The Morgan fingerprint density at radius 1 is 1.11 bits per heavy atom. The predicted octanol–water partition coefficient (Wildman–Crippen LogP) is 4.01. The molecule has 1 atom stereocenters. The molecule has 0 amide bonds. The Labute approximate surface area is 115 Å². The van der Waals surface area contributed by atoms with E-state index in [0.29, 0.717) is 6.04 Å². The molecule has 0 aliphatic heterocycles. The monoisotopic (exact) mass is 254 g/mol. The molecule has 0 spiro atoms. The van der Waals surface area contributed by atoms with E-state index in [1.165, 1.54) is 5.56 Å². The van der Waals surface area contributed by atoms with Crippen LogP contribution in [0.25, 0.3) is 0 Å². The second-order valence-electron chi connectivity index (χ2n) is 5.14. The zero-order valence-electron chi connectivity index (χ0n) is 11.7. The fraction of sp³-hybridized carbons (Fsp3) is 0.294. The second-order valence-corrected chi connectivity index (χ2v) is 5.14. The maximum atomic E-state index is 5.92. The fourth-order valence-electron chi connectivity index (χ4n) is 2.11. The van der Waals surface area contributed by atoms with Crippen molar-refractivity contribution in [2.75, 3.05) is 11.1 Å². The number of rotatable bonds is 5. The van der Waals surface area contributed by atoms with Crippen LogP contribution in [0.1, 0.15) is 24.5 Å². The highest BCUT2D eigenvalue weighted by atomic mass is 14.9. The Kier molecular flexibility index (Phi) is 4.45. The highest BCUT2D eigenvalue weighted by Crippen LogP contribution is 2.18. The highest BCUT2D eigenvalue weighted by Gasteiger charge is 2.03. The quantitative estimate of drug-likeness (QED) is 0.791. The van der Waals surface area contributed by atoms with Gasteiger partial charge in [0.15, 0.2) is 0 Å². The van der Waals surface area contributed by atoms with Crippen molar-refractivity contribution in [1.29, 1.82) is 0 Å². The number of aryl methyl sites for hydroxylation is 2. The number of nitrogen functional groups attached to an aromatic ring is 1. The van der Waals surface area contributed by atoms with Crippen LogP contribution in [0.5, 0.6) is 0 Å². The van der Waals surface area contributed by atoms with Crippen molar-refractivity contribution >= 4 is 11.4 Å². The normalized spacial score (nSPS) is 12.1. The van der Waals surface area contributed by atoms with Gasteiger partial charge in [-0.25, -0.2) is 0 Å². The number of hydrogen-bond donors (Lipinski definition) is 2. The fourth-order valence-corrected chi connectivity index (χ4v) is 2.11. The molecule has 2 aromatic rings. The lowest BCUT2D eigenvalue weighted by atomic mass is 10.1. The van der Waals surface area contributed by atoms with Gasteiger partial charge in [0.1, 0.15) is 0 Å². The third kappa shape index (κ3) is 4.02. The van der Waals surface area contributed by atoms with Gasteiger partial charge < -0.3 is 11.1 Å². The smallest absolute Gasteiger partial charge is 0.0364 e. The topological polar surface area (TPSA) is 38.0 Å². The van der Waals surface area contributed by atoms with E-state index in [-0.39, 0.29) is 0 Å². The molecule has 100 valence electrons. The number of benzene rings is 2. The van der Waals surface area contributed by atoms with E-state index in [1.807, 2.05) is 13.0 Å². The molecule has 0 bridgehead atoms. The van der Waals surface area contributed by atoms with E-state index >= 15 is 0 Å². The van der Waals surface area contributed by atoms with E-state index in [9.17, 15) is 0 Å². The summed E-state index contributed by atoms with van der Waals surface area (Å²) < 4.78 is 0. The summed E-state index contributed by atoms with van der Waals surface area (Å²) in [7, 11) is 0. The Hall–Kier alpha value is -1.96. The van der Waals surface area contributed by atoms with E-state index < -0.39 is 0 Å². The molecule has 0 aliphatic carbocycles. The lowest BCUT2D eigenvalue weighted by Crippen LogP contribution is -2.16. The van der Waals surface area contributed by atoms with Crippen LogP contribution in [0.2, 0.25) is 0 Å². The summed E-state index contributed by atoms with van der Waals surface area (Å²) in [4.78, 5) is 0. The minimum absolute atomic E-state index is 0.433. The molecule has 0 heterocycles. The number of nitrogens with one attached hydrogen (secondary N) is 1. The Morgan fingerprint density at radius 2 is 1.84 bits per heavy atom. The first-order valence-electron chi connectivity index (χ1n) is 6.82. The van der Waals surface area contributed by atoms with Crippen molar-refractivity contribution < 1.29 is 0 Å². The lowest BCUT2D eigenvalue weighted by molar-refractivity contribution is 0.706. The van der Waals surface area contributed by atoms with Gasteiger partial charge in [-0.1, -0.05) is 36.4 Å². The highest BCUT2D eigenvalue weighted by molar-refractivity contribution is 5.58. The van der Waals surface area contributed by atoms with Crippen LogP contribution >= 0.6 is 0 Å². The zero-order valence-corrected chi connectivity index (χ0v) is 11.7. The molecular formula is C17H22N2. The summed E-state index contributed by atoms with van der Waals surface area (Å²) in [6.07, 6.45) is 2.20. The predicted molar refractivity (Wildman–Crippen MR) is 83.4 cm³/mol. The summed E-state index contributed by atoms with van der Waals surface area (Å²) in [6, 6.07) is 17.2. The van der Waals surface area contributed by atoms with Crippen LogP contribution in [-0.2, 0) is 6.42 Å². The first-order chi connectivity index (χ1) is 9.15. The van der Waals surface area contributed by atoms with Gasteiger partial charge in [-0.15, -0.1) is 0 Å². The van der Waals surface area contributed by atoms with Crippen molar-refractivity contribution in [3.8, 4) is 0 Å². The molecule has 0 saturated carbocycles. The molecule has 2 heteroatoms. The standard InChI is InChI=1S/C17H22N2/c1-13-8-11-16(12-17(13)18)19-14(2)9-10-15-6-4-3-5-7-15/h3-8,11-12,14,19H,9-10,18H2,1-2H3. The van der Waals surface area contributed by atoms with Gasteiger partial charge in [-0.3, -0.25) is 0 Å². The Morgan fingerprint density at radius 3 is 2.53 bits per heavy atom. The average Bonchev–Trinajstić information content (AvgIpc) is 2.42. The summed E-state index contributed by atoms with van der Waals surface area (Å²) in [5.41, 5.74) is 10.4. The van der Waals surface area contributed by atoms with Crippen LogP contribution in [0, 0.1) is 6.92 Å². The zero-order chi connectivity index (χ0) is 13.7. The first kappa shape index (κ1) is 13.5. The third-order valence-electron chi connectivity index (χ3n) is 3.40. The third-order valence-corrected chi connectivity index (χ3v) is 3.40. The molecule has 2 rings (SSSR count). The van der Waals surface area contributed by atoms with Gasteiger partial charge in [-0.2, -0.15) is 0 Å². The minimum Gasteiger partial charge on any atom is -0.398 e. The van der Waals surface area contributed by atoms with Crippen LogP contribution < -0.4 is 11.1 Å². The van der Waals surface area contributed by atoms with Gasteiger partial charge in [-0.05, 0) is 49.9 Å². The molecule has 0 aliphatic rings. The summed E-state index contributed by atoms with van der Waals surface area (Å²) in [6.45, 7) is 4.23. The Balaban J connectivity index is 1.87. The van der Waals surface area contributed by atoms with Gasteiger partial charge >= 0.3 is 0 Å². The summed E-state index contributed by atoms with van der Waals surface area (Å²) in [5.74, 6) is 0. The molecule has 3 N–H and O–H groups in total. The molecule has 1 unspecified atom stereocenters.